The lowest BCUT2D eigenvalue weighted by molar-refractivity contribution is 0.269. The average molecular weight is 386 g/mol. The van der Waals surface area contributed by atoms with Crippen LogP contribution in [-0.4, -0.2) is 21.3 Å². The number of aliphatic hydroxyl groups is 1. The summed E-state index contributed by atoms with van der Waals surface area (Å²) in [7, 11) is 0. The maximum absolute atomic E-state index is 9.34. The first kappa shape index (κ1) is 19.2. The van der Waals surface area contributed by atoms with Crippen LogP contribution < -0.4 is 4.74 Å². The van der Waals surface area contributed by atoms with Gasteiger partial charge in [0.25, 0.3) is 0 Å². The van der Waals surface area contributed by atoms with E-state index in [0.29, 0.717) is 19.6 Å². The van der Waals surface area contributed by atoms with Gasteiger partial charge < -0.3 is 14.4 Å². The van der Waals surface area contributed by atoms with Crippen LogP contribution in [0.3, 0.4) is 0 Å². The van der Waals surface area contributed by atoms with Crippen molar-refractivity contribution in [3.05, 3.63) is 84.2 Å². The molecule has 4 heteroatoms. The Kier molecular flexibility index (Phi) is 5.92. The van der Waals surface area contributed by atoms with Crippen LogP contribution >= 0.6 is 0 Å². The predicted molar refractivity (Wildman–Crippen MR) is 118 cm³/mol. The van der Waals surface area contributed by atoms with Gasteiger partial charge in [0.15, 0.2) is 0 Å². The first-order chi connectivity index (χ1) is 14.3. The van der Waals surface area contributed by atoms with Gasteiger partial charge in [-0.3, -0.25) is 0 Å². The molecule has 0 aliphatic rings. The number of aryl methyl sites for hydroxylation is 1. The Morgan fingerprint density at radius 2 is 1.86 bits per heavy atom. The van der Waals surface area contributed by atoms with Crippen molar-refractivity contribution >= 4 is 21.8 Å². The van der Waals surface area contributed by atoms with Crippen LogP contribution in [0.4, 0.5) is 0 Å². The van der Waals surface area contributed by atoms with E-state index >= 15 is 0 Å². The zero-order valence-electron chi connectivity index (χ0n) is 16.7. The fraction of sp³-hybridized carbons (Fsp3) is 0.240. The average Bonchev–Trinajstić information content (AvgIpc) is 3.09. The standard InChI is InChI=1S/C25H26N2O2/c1-2-3-8-19-9-6-12-22(15-19)29-18-25-26-23-16-20-10-4-5-11-21(20)17-24(23)27(25)13-7-14-28/h2-6,9-12,15-17,28H,7-8,13-14,18H2,1H3/b3-2+. The Balaban J connectivity index is 1.64. The molecule has 0 spiro atoms. The van der Waals surface area contributed by atoms with Gasteiger partial charge in [0, 0.05) is 13.2 Å². The molecule has 0 amide bonds. The number of hydrogen-bond acceptors (Lipinski definition) is 3. The Labute approximate surface area is 171 Å². The third-order valence-corrected chi connectivity index (χ3v) is 5.09. The fourth-order valence-corrected chi connectivity index (χ4v) is 3.61. The second-order valence-corrected chi connectivity index (χ2v) is 7.15. The van der Waals surface area contributed by atoms with Gasteiger partial charge in [0.2, 0.25) is 0 Å². The van der Waals surface area contributed by atoms with Crippen LogP contribution in [0.15, 0.2) is 72.8 Å². The molecule has 0 unspecified atom stereocenters. The van der Waals surface area contributed by atoms with Gasteiger partial charge in [-0.2, -0.15) is 0 Å². The molecule has 4 nitrogen and oxygen atoms in total. The molecule has 1 aromatic heterocycles. The summed E-state index contributed by atoms with van der Waals surface area (Å²) in [5.41, 5.74) is 3.26. The summed E-state index contributed by atoms with van der Waals surface area (Å²) in [6.45, 7) is 3.29. The van der Waals surface area contributed by atoms with Crippen LogP contribution in [0.1, 0.15) is 24.7 Å². The van der Waals surface area contributed by atoms with E-state index in [1.54, 1.807) is 0 Å². The molecule has 0 saturated heterocycles. The summed E-state index contributed by atoms with van der Waals surface area (Å²) in [4.78, 5) is 4.85. The number of rotatable bonds is 8. The largest absolute Gasteiger partial charge is 0.486 e. The van der Waals surface area contributed by atoms with Gasteiger partial charge in [-0.1, -0.05) is 48.6 Å². The van der Waals surface area contributed by atoms with Crippen LogP contribution in [0.25, 0.3) is 21.8 Å². The van der Waals surface area contributed by atoms with Gasteiger partial charge >= 0.3 is 0 Å². The maximum Gasteiger partial charge on any atom is 0.147 e. The third-order valence-electron chi connectivity index (χ3n) is 5.09. The molecule has 0 atom stereocenters. The van der Waals surface area contributed by atoms with Crippen molar-refractivity contribution in [3.8, 4) is 5.75 Å². The molecule has 0 saturated carbocycles. The highest BCUT2D eigenvalue weighted by Crippen LogP contribution is 2.25. The van der Waals surface area contributed by atoms with E-state index in [2.05, 4.69) is 53.1 Å². The van der Waals surface area contributed by atoms with Crippen molar-refractivity contribution in [2.24, 2.45) is 0 Å². The molecule has 0 aliphatic carbocycles. The van der Waals surface area contributed by atoms with Crippen molar-refractivity contribution < 1.29 is 9.84 Å². The molecule has 3 aromatic carbocycles. The molecule has 0 aliphatic heterocycles. The predicted octanol–water partition coefficient (Wildman–Crippen LogP) is 5.27. The highest BCUT2D eigenvalue weighted by Gasteiger charge is 2.12. The highest BCUT2D eigenvalue weighted by atomic mass is 16.5. The number of aromatic nitrogens is 2. The van der Waals surface area contributed by atoms with Gasteiger partial charge in [-0.25, -0.2) is 4.98 Å². The van der Waals surface area contributed by atoms with Crippen molar-refractivity contribution in [1.82, 2.24) is 9.55 Å². The zero-order chi connectivity index (χ0) is 20.1. The van der Waals surface area contributed by atoms with E-state index in [0.717, 1.165) is 29.0 Å². The molecule has 1 heterocycles. The quantitative estimate of drug-likeness (QED) is 0.420. The van der Waals surface area contributed by atoms with Gasteiger partial charge in [-0.05, 0) is 60.4 Å². The summed E-state index contributed by atoms with van der Waals surface area (Å²) < 4.78 is 8.26. The molecule has 0 radical (unpaired) electrons. The lowest BCUT2D eigenvalue weighted by Crippen LogP contribution is -2.08. The van der Waals surface area contributed by atoms with Crippen molar-refractivity contribution in [3.63, 3.8) is 0 Å². The second kappa shape index (κ2) is 8.93. The minimum atomic E-state index is 0.153. The summed E-state index contributed by atoms with van der Waals surface area (Å²) >= 11 is 0. The van der Waals surface area contributed by atoms with Crippen molar-refractivity contribution in [2.45, 2.75) is 32.9 Å². The van der Waals surface area contributed by atoms with Gasteiger partial charge in [0.1, 0.15) is 18.2 Å². The minimum absolute atomic E-state index is 0.153. The number of aliphatic hydroxyl groups excluding tert-OH is 1. The molecule has 4 rings (SSSR count). The number of nitrogens with zero attached hydrogens (tertiary/aromatic N) is 2. The highest BCUT2D eigenvalue weighted by molar-refractivity contribution is 5.95. The summed E-state index contributed by atoms with van der Waals surface area (Å²) in [6.07, 6.45) is 5.78. The summed E-state index contributed by atoms with van der Waals surface area (Å²) in [6, 6.07) is 20.8. The first-order valence-electron chi connectivity index (χ1n) is 10.1. The minimum Gasteiger partial charge on any atom is -0.486 e. The number of benzene rings is 3. The fourth-order valence-electron chi connectivity index (χ4n) is 3.61. The number of allylic oxidation sites excluding steroid dienone is 2. The van der Waals surface area contributed by atoms with E-state index in [1.165, 1.54) is 16.3 Å². The monoisotopic (exact) mass is 386 g/mol. The SMILES string of the molecule is C/C=C/Cc1cccc(OCc2nc3cc4ccccc4cc3n2CCCO)c1. The van der Waals surface area contributed by atoms with Crippen LogP contribution in [0.5, 0.6) is 5.75 Å². The smallest absolute Gasteiger partial charge is 0.147 e. The lowest BCUT2D eigenvalue weighted by Gasteiger charge is -2.11. The van der Waals surface area contributed by atoms with Crippen molar-refractivity contribution in [1.29, 1.82) is 0 Å². The number of fused-ring (bicyclic) bond motifs is 2. The summed E-state index contributed by atoms with van der Waals surface area (Å²) in [5, 5.41) is 11.7. The topological polar surface area (TPSA) is 47.3 Å². The van der Waals surface area contributed by atoms with E-state index in [1.807, 2.05) is 31.2 Å². The Morgan fingerprint density at radius 1 is 1.03 bits per heavy atom. The van der Waals surface area contributed by atoms with E-state index in [4.69, 9.17) is 9.72 Å². The molecule has 0 bridgehead atoms. The maximum atomic E-state index is 9.34. The van der Waals surface area contributed by atoms with Crippen LogP contribution in [0, 0.1) is 0 Å². The third kappa shape index (κ3) is 4.33. The van der Waals surface area contributed by atoms with E-state index in [9.17, 15) is 5.11 Å². The van der Waals surface area contributed by atoms with Crippen molar-refractivity contribution in [2.75, 3.05) is 6.61 Å². The lowest BCUT2D eigenvalue weighted by atomic mass is 10.1. The van der Waals surface area contributed by atoms with E-state index < -0.39 is 0 Å². The molecule has 0 fully saturated rings. The molecule has 1 N–H and O–H groups in total. The Hall–Kier alpha value is -3.11. The normalized spacial score (nSPS) is 11.7. The second-order valence-electron chi connectivity index (χ2n) is 7.15. The number of ether oxygens (including phenoxy) is 1. The van der Waals surface area contributed by atoms with E-state index in [-0.39, 0.29) is 6.61 Å². The Bertz CT molecular complexity index is 1140. The zero-order valence-corrected chi connectivity index (χ0v) is 16.7. The van der Waals surface area contributed by atoms with Gasteiger partial charge in [-0.15, -0.1) is 0 Å². The van der Waals surface area contributed by atoms with Crippen LogP contribution in [-0.2, 0) is 19.6 Å². The molecular formula is C25H26N2O2. The number of imidazole rings is 1. The molecular weight excluding hydrogens is 360 g/mol. The molecule has 4 aromatic rings. The van der Waals surface area contributed by atoms with Gasteiger partial charge in [0.05, 0.1) is 11.0 Å². The Morgan fingerprint density at radius 3 is 2.66 bits per heavy atom. The van der Waals surface area contributed by atoms with Crippen LogP contribution in [0.2, 0.25) is 0 Å². The molecule has 148 valence electrons. The summed E-state index contributed by atoms with van der Waals surface area (Å²) in [5.74, 6) is 1.72. The first-order valence-corrected chi connectivity index (χ1v) is 10.1. The number of hydrogen-bond donors (Lipinski definition) is 1. The molecule has 29 heavy (non-hydrogen) atoms.